The summed E-state index contributed by atoms with van der Waals surface area (Å²) in [6.45, 7) is 10.8. The van der Waals surface area contributed by atoms with Crippen LogP contribution in [0.25, 0.3) is 0 Å². The van der Waals surface area contributed by atoms with Crippen molar-refractivity contribution in [3.05, 3.63) is 18.2 Å². The molecule has 1 aromatic heterocycles. The van der Waals surface area contributed by atoms with Crippen molar-refractivity contribution >= 4 is 17.6 Å². The minimum atomic E-state index is 0.917. The van der Waals surface area contributed by atoms with Crippen LogP contribution in [0.1, 0.15) is 20.8 Å². The third-order valence-electron chi connectivity index (χ3n) is 2.63. The van der Waals surface area contributed by atoms with Crippen LogP contribution in [0.5, 0.6) is 0 Å². The molecule has 0 amide bonds. The van der Waals surface area contributed by atoms with Crippen molar-refractivity contribution in [2.75, 3.05) is 37.2 Å². The molecule has 0 bridgehead atoms. The van der Waals surface area contributed by atoms with Gasteiger partial charge in [-0.2, -0.15) is 0 Å². The fourth-order valence-electron chi connectivity index (χ4n) is 1.59. The molecule has 17 heavy (non-hydrogen) atoms. The Hall–Kier alpha value is -0.740. The van der Waals surface area contributed by atoms with Gasteiger partial charge < -0.3 is 10.2 Å². The van der Waals surface area contributed by atoms with Crippen LogP contribution in [0.2, 0.25) is 0 Å². The number of anilines is 1. The molecular weight excluding hydrogens is 230 g/mol. The predicted molar refractivity (Wildman–Crippen MR) is 76.9 cm³/mol. The quantitative estimate of drug-likeness (QED) is 0.721. The van der Waals surface area contributed by atoms with Crippen LogP contribution in [0, 0.1) is 0 Å². The monoisotopic (exact) mass is 253 g/mol. The minimum Gasteiger partial charge on any atom is -0.370 e. The molecule has 0 radical (unpaired) electrons. The Bertz CT molecular complexity index is 313. The number of hydrogen-bond donors (Lipinski definition) is 1. The molecule has 4 heteroatoms. The van der Waals surface area contributed by atoms with Crippen LogP contribution >= 0.6 is 11.8 Å². The molecule has 3 nitrogen and oxygen atoms in total. The lowest BCUT2D eigenvalue weighted by atomic mass is 10.4. The van der Waals surface area contributed by atoms with Gasteiger partial charge in [-0.3, -0.25) is 0 Å². The lowest BCUT2D eigenvalue weighted by Gasteiger charge is -2.17. The molecule has 1 aromatic rings. The summed E-state index contributed by atoms with van der Waals surface area (Å²) in [6, 6.07) is 6.15. The fraction of sp³-hybridized carbons (Fsp3) is 0.615. The highest BCUT2D eigenvalue weighted by Gasteiger charge is 2.01. The average Bonchev–Trinajstić information content (AvgIpc) is 2.36. The first-order valence-electron chi connectivity index (χ1n) is 6.36. The van der Waals surface area contributed by atoms with Crippen LogP contribution in [-0.2, 0) is 0 Å². The van der Waals surface area contributed by atoms with E-state index in [-0.39, 0.29) is 0 Å². The third-order valence-corrected chi connectivity index (χ3v) is 3.54. The summed E-state index contributed by atoms with van der Waals surface area (Å²) in [5.74, 6) is 2.07. The van der Waals surface area contributed by atoms with Crippen LogP contribution in [-0.4, -0.2) is 41.8 Å². The Morgan fingerprint density at radius 2 is 2.00 bits per heavy atom. The summed E-state index contributed by atoms with van der Waals surface area (Å²) in [6.07, 6.45) is 0. The normalized spacial score (nSPS) is 10.8. The highest BCUT2D eigenvalue weighted by Crippen LogP contribution is 2.17. The number of pyridine rings is 1. The molecule has 0 fully saturated rings. The van der Waals surface area contributed by atoms with Crippen molar-refractivity contribution in [2.45, 2.75) is 25.8 Å². The van der Waals surface area contributed by atoms with E-state index in [0.717, 1.165) is 42.8 Å². The number of thioether (sulfide) groups is 1. The Morgan fingerprint density at radius 3 is 2.65 bits per heavy atom. The smallest absolute Gasteiger partial charge is 0.127 e. The molecule has 1 heterocycles. The molecule has 96 valence electrons. The van der Waals surface area contributed by atoms with Crippen LogP contribution in [0.15, 0.2) is 23.2 Å². The van der Waals surface area contributed by atoms with Crippen molar-refractivity contribution in [3.8, 4) is 0 Å². The molecule has 0 spiro atoms. The van der Waals surface area contributed by atoms with Gasteiger partial charge in [0.2, 0.25) is 0 Å². The maximum absolute atomic E-state index is 4.54. The summed E-state index contributed by atoms with van der Waals surface area (Å²) < 4.78 is 0. The summed E-state index contributed by atoms with van der Waals surface area (Å²) in [4.78, 5) is 6.98. The van der Waals surface area contributed by atoms with Crippen molar-refractivity contribution in [2.24, 2.45) is 0 Å². The zero-order valence-electron chi connectivity index (χ0n) is 11.1. The van der Waals surface area contributed by atoms with E-state index in [9.17, 15) is 0 Å². The van der Waals surface area contributed by atoms with E-state index in [2.05, 4.69) is 48.1 Å². The molecule has 0 saturated heterocycles. The van der Waals surface area contributed by atoms with Crippen LogP contribution < -0.4 is 5.32 Å². The van der Waals surface area contributed by atoms with Gasteiger partial charge in [0.25, 0.3) is 0 Å². The first-order chi connectivity index (χ1) is 8.30. The van der Waals surface area contributed by atoms with Gasteiger partial charge in [-0.15, -0.1) is 11.8 Å². The molecule has 0 saturated carbocycles. The minimum absolute atomic E-state index is 0.917. The first kappa shape index (κ1) is 14.3. The molecule has 0 atom stereocenters. The van der Waals surface area contributed by atoms with E-state index in [1.54, 1.807) is 0 Å². The maximum atomic E-state index is 4.54. The zero-order valence-corrected chi connectivity index (χ0v) is 11.9. The van der Waals surface area contributed by atoms with Crippen molar-refractivity contribution in [1.29, 1.82) is 0 Å². The van der Waals surface area contributed by atoms with E-state index in [4.69, 9.17) is 0 Å². The predicted octanol–water partition coefficient (Wildman–Crippen LogP) is 2.95. The lowest BCUT2D eigenvalue weighted by Crippen LogP contribution is -2.25. The largest absolute Gasteiger partial charge is 0.370 e. The molecule has 0 aliphatic rings. The summed E-state index contributed by atoms with van der Waals surface area (Å²) in [5.41, 5.74) is 0. The van der Waals surface area contributed by atoms with Crippen molar-refractivity contribution < 1.29 is 0 Å². The summed E-state index contributed by atoms with van der Waals surface area (Å²) in [5, 5.41) is 4.34. The second-order valence-corrected chi connectivity index (χ2v) is 4.88. The van der Waals surface area contributed by atoms with E-state index in [1.165, 1.54) is 0 Å². The maximum Gasteiger partial charge on any atom is 0.127 e. The van der Waals surface area contributed by atoms with Gasteiger partial charge in [-0.1, -0.05) is 19.9 Å². The van der Waals surface area contributed by atoms with Gasteiger partial charge in [-0.25, -0.2) is 4.98 Å². The number of rotatable bonds is 8. The van der Waals surface area contributed by atoms with E-state index < -0.39 is 0 Å². The SMILES string of the molecule is CCNc1cccc(SCCN(CC)CC)n1. The van der Waals surface area contributed by atoms with E-state index in [0.29, 0.717) is 0 Å². The molecule has 1 rings (SSSR count). The summed E-state index contributed by atoms with van der Waals surface area (Å²) >= 11 is 1.83. The van der Waals surface area contributed by atoms with Gasteiger partial charge in [0.1, 0.15) is 5.82 Å². The van der Waals surface area contributed by atoms with E-state index in [1.807, 2.05) is 17.8 Å². The first-order valence-corrected chi connectivity index (χ1v) is 7.34. The molecule has 1 N–H and O–H groups in total. The van der Waals surface area contributed by atoms with E-state index >= 15 is 0 Å². The Balaban J connectivity index is 2.38. The highest BCUT2D eigenvalue weighted by atomic mass is 32.2. The average molecular weight is 253 g/mol. The van der Waals surface area contributed by atoms with Gasteiger partial charge in [0, 0.05) is 18.8 Å². The zero-order chi connectivity index (χ0) is 12.5. The van der Waals surface area contributed by atoms with Gasteiger partial charge in [-0.05, 0) is 32.1 Å². The lowest BCUT2D eigenvalue weighted by molar-refractivity contribution is 0.324. The second kappa shape index (κ2) is 8.37. The molecule has 0 aliphatic carbocycles. The number of nitrogens with one attached hydrogen (secondary N) is 1. The Morgan fingerprint density at radius 1 is 1.24 bits per heavy atom. The molecule has 0 aliphatic heterocycles. The van der Waals surface area contributed by atoms with Crippen molar-refractivity contribution in [3.63, 3.8) is 0 Å². The van der Waals surface area contributed by atoms with Crippen LogP contribution in [0.3, 0.4) is 0 Å². The highest BCUT2D eigenvalue weighted by molar-refractivity contribution is 7.99. The number of nitrogens with zero attached hydrogens (tertiary/aromatic N) is 2. The Labute approximate surface area is 109 Å². The standard InChI is InChI=1S/C13H23N3S/c1-4-14-12-8-7-9-13(15-12)17-11-10-16(5-2)6-3/h7-9H,4-6,10-11H2,1-3H3,(H,14,15). The topological polar surface area (TPSA) is 28.2 Å². The van der Waals surface area contributed by atoms with Crippen LogP contribution in [0.4, 0.5) is 5.82 Å². The van der Waals surface area contributed by atoms with Crippen molar-refractivity contribution in [1.82, 2.24) is 9.88 Å². The Kier molecular flexibility index (Phi) is 7.05. The molecule has 0 unspecified atom stereocenters. The molecule has 0 aromatic carbocycles. The third kappa shape index (κ3) is 5.41. The number of aromatic nitrogens is 1. The molecular formula is C13H23N3S. The summed E-state index contributed by atoms with van der Waals surface area (Å²) in [7, 11) is 0. The van der Waals surface area contributed by atoms with Gasteiger partial charge in [0.05, 0.1) is 5.03 Å². The van der Waals surface area contributed by atoms with Gasteiger partial charge >= 0.3 is 0 Å². The second-order valence-electron chi connectivity index (χ2n) is 3.77. The number of hydrogen-bond acceptors (Lipinski definition) is 4. The van der Waals surface area contributed by atoms with Gasteiger partial charge in [0.15, 0.2) is 0 Å². The fourth-order valence-corrected chi connectivity index (χ4v) is 2.49.